The smallest absolute Gasteiger partial charge is 0.233 e. The molecule has 7 nitrogen and oxygen atoms in total. The predicted octanol–water partition coefficient (Wildman–Crippen LogP) is 1.22. The minimum atomic E-state index is -0.327. The summed E-state index contributed by atoms with van der Waals surface area (Å²) in [6, 6.07) is 5.08. The van der Waals surface area contributed by atoms with E-state index in [0.717, 1.165) is 5.56 Å². The molecule has 2 aromatic heterocycles. The van der Waals surface area contributed by atoms with E-state index in [2.05, 4.69) is 20.6 Å². The van der Waals surface area contributed by atoms with E-state index in [0.29, 0.717) is 17.3 Å². The molecule has 0 saturated heterocycles. The SMILES string of the molecule is COc1ccc(C(NN)c2cncc(OC(C)C)c2)nn1. The zero-order valence-corrected chi connectivity index (χ0v) is 12.3. The number of aromatic nitrogens is 3. The number of hydrazine groups is 1. The van der Waals surface area contributed by atoms with E-state index in [9.17, 15) is 0 Å². The molecule has 0 fully saturated rings. The largest absolute Gasteiger partial charge is 0.489 e. The van der Waals surface area contributed by atoms with E-state index in [4.69, 9.17) is 15.3 Å². The molecule has 21 heavy (non-hydrogen) atoms. The first kappa shape index (κ1) is 15.1. The van der Waals surface area contributed by atoms with Crippen LogP contribution in [-0.4, -0.2) is 28.4 Å². The number of methoxy groups -OCH3 is 1. The van der Waals surface area contributed by atoms with Crippen LogP contribution in [0.25, 0.3) is 0 Å². The van der Waals surface area contributed by atoms with E-state index in [1.807, 2.05) is 19.9 Å². The Kier molecular flexibility index (Phi) is 5.02. The van der Waals surface area contributed by atoms with Crippen LogP contribution >= 0.6 is 0 Å². The molecule has 2 rings (SSSR count). The zero-order chi connectivity index (χ0) is 15.2. The van der Waals surface area contributed by atoms with Crippen LogP contribution in [0.2, 0.25) is 0 Å². The summed E-state index contributed by atoms with van der Waals surface area (Å²) in [6.45, 7) is 3.92. The number of nitrogens with two attached hydrogens (primary N) is 1. The maximum atomic E-state index is 5.64. The van der Waals surface area contributed by atoms with Gasteiger partial charge in [0, 0.05) is 12.3 Å². The molecule has 2 aromatic rings. The Labute approximate surface area is 123 Å². The molecule has 112 valence electrons. The summed E-state index contributed by atoms with van der Waals surface area (Å²) in [5.74, 6) is 6.77. The highest BCUT2D eigenvalue weighted by Crippen LogP contribution is 2.23. The number of ether oxygens (including phenoxy) is 2. The van der Waals surface area contributed by atoms with Crippen LogP contribution in [0.4, 0.5) is 0 Å². The molecule has 1 atom stereocenters. The monoisotopic (exact) mass is 289 g/mol. The third-order valence-electron chi connectivity index (χ3n) is 2.77. The van der Waals surface area contributed by atoms with Crippen LogP contribution in [0.1, 0.15) is 31.1 Å². The Morgan fingerprint density at radius 1 is 1.19 bits per heavy atom. The number of hydrogen-bond acceptors (Lipinski definition) is 7. The van der Waals surface area contributed by atoms with E-state index in [1.165, 1.54) is 0 Å². The van der Waals surface area contributed by atoms with Crippen LogP contribution in [0.3, 0.4) is 0 Å². The molecule has 0 aliphatic heterocycles. The van der Waals surface area contributed by atoms with Crippen molar-refractivity contribution in [3.63, 3.8) is 0 Å². The normalized spacial score (nSPS) is 12.2. The average molecular weight is 289 g/mol. The van der Waals surface area contributed by atoms with Gasteiger partial charge in [-0.25, -0.2) is 5.43 Å². The minimum absolute atomic E-state index is 0.0760. The fourth-order valence-electron chi connectivity index (χ4n) is 1.88. The van der Waals surface area contributed by atoms with Crippen molar-refractivity contribution in [1.29, 1.82) is 0 Å². The van der Waals surface area contributed by atoms with Gasteiger partial charge in [0.1, 0.15) is 5.75 Å². The molecular formula is C14H19N5O2. The van der Waals surface area contributed by atoms with Crippen LogP contribution in [-0.2, 0) is 0 Å². The first-order valence-electron chi connectivity index (χ1n) is 6.59. The molecule has 1 unspecified atom stereocenters. The molecule has 0 radical (unpaired) electrons. The van der Waals surface area contributed by atoms with Gasteiger partial charge in [0.2, 0.25) is 5.88 Å². The fourth-order valence-corrected chi connectivity index (χ4v) is 1.88. The van der Waals surface area contributed by atoms with E-state index in [1.54, 1.807) is 31.6 Å². The van der Waals surface area contributed by atoms with Crippen LogP contribution in [0, 0.1) is 0 Å². The van der Waals surface area contributed by atoms with E-state index < -0.39 is 0 Å². The predicted molar refractivity (Wildman–Crippen MR) is 77.8 cm³/mol. The standard InChI is InChI=1S/C14H19N5O2/c1-9(2)21-11-6-10(7-16-8-11)14(17-15)12-4-5-13(20-3)19-18-12/h4-9,14,17H,15H2,1-3H3. The van der Waals surface area contributed by atoms with Crippen molar-refractivity contribution in [2.45, 2.75) is 26.0 Å². The zero-order valence-electron chi connectivity index (χ0n) is 12.3. The van der Waals surface area contributed by atoms with Crippen molar-refractivity contribution in [2.75, 3.05) is 7.11 Å². The first-order valence-corrected chi connectivity index (χ1v) is 6.59. The van der Waals surface area contributed by atoms with Gasteiger partial charge in [0.05, 0.1) is 31.1 Å². The van der Waals surface area contributed by atoms with Gasteiger partial charge >= 0.3 is 0 Å². The second kappa shape index (κ2) is 6.96. The lowest BCUT2D eigenvalue weighted by atomic mass is 10.1. The van der Waals surface area contributed by atoms with Crippen molar-refractivity contribution in [3.8, 4) is 11.6 Å². The summed E-state index contributed by atoms with van der Waals surface area (Å²) in [4.78, 5) is 4.17. The van der Waals surface area contributed by atoms with E-state index >= 15 is 0 Å². The fraction of sp³-hybridized carbons (Fsp3) is 0.357. The topological polar surface area (TPSA) is 95.2 Å². The van der Waals surface area contributed by atoms with Gasteiger partial charge in [-0.3, -0.25) is 10.8 Å². The molecule has 0 bridgehead atoms. The highest BCUT2D eigenvalue weighted by atomic mass is 16.5. The van der Waals surface area contributed by atoms with Gasteiger partial charge in [-0.2, -0.15) is 0 Å². The third kappa shape index (κ3) is 3.87. The van der Waals surface area contributed by atoms with Gasteiger partial charge in [0.25, 0.3) is 0 Å². The Balaban J connectivity index is 2.27. The number of pyridine rings is 1. The van der Waals surface area contributed by atoms with Gasteiger partial charge < -0.3 is 9.47 Å². The van der Waals surface area contributed by atoms with Gasteiger partial charge in [-0.05, 0) is 31.5 Å². The molecule has 0 amide bonds. The molecule has 0 aromatic carbocycles. The summed E-state index contributed by atoms with van der Waals surface area (Å²) >= 11 is 0. The summed E-state index contributed by atoms with van der Waals surface area (Å²) in [6.07, 6.45) is 3.45. The maximum Gasteiger partial charge on any atom is 0.233 e. The third-order valence-corrected chi connectivity index (χ3v) is 2.77. The number of nitrogens with one attached hydrogen (secondary N) is 1. The molecular weight excluding hydrogens is 270 g/mol. The molecule has 0 aliphatic rings. The second-order valence-corrected chi connectivity index (χ2v) is 4.72. The molecule has 0 aliphatic carbocycles. The summed E-state index contributed by atoms with van der Waals surface area (Å²) in [5.41, 5.74) is 4.22. The minimum Gasteiger partial charge on any atom is -0.489 e. The van der Waals surface area contributed by atoms with Crippen molar-refractivity contribution < 1.29 is 9.47 Å². The number of nitrogens with zero attached hydrogens (tertiary/aromatic N) is 3. The van der Waals surface area contributed by atoms with Crippen LogP contribution < -0.4 is 20.7 Å². The Bertz CT molecular complexity index is 574. The first-order chi connectivity index (χ1) is 10.1. The summed E-state index contributed by atoms with van der Waals surface area (Å²) < 4.78 is 10.6. The summed E-state index contributed by atoms with van der Waals surface area (Å²) in [7, 11) is 1.54. The van der Waals surface area contributed by atoms with Crippen molar-refractivity contribution >= 4 is 0 Å². The van der Waals surface area contributed by atoms with Crippen molar-refractivity contribution in [1.82, 2.24) is 20.6 Å². The van der Waals surface area contributed by atoms with Crippen LogP contribution in [0.5, 0.6) is 11.6 Å². The van der Waals surface area contributed by atoms with Crippen molar-refractivity contribution in [2.24, 2.45) is 5.84 Å². The molecule has 3 N–H and O–H groups in total. The lowest BCUT2D eigenvalue weighted by Gasteiger charge is -2.16. The van der Waals surface area contributed by atoms with Gasteiger partial charge in [-0.15, -0.1) is 10.2 Å². The van der Waals surface area contributed by atoms with Gasteiger partial charge in [-0.1, -0.05) is 0 Å². The molecule has 0 saturated carbocycles. The lowest BCUT2D eigenvalue weighted by Crippen LogP contribution is -2.29. The summed E-state index contributed by atoms with van der Waals surface area (Å²) in [5, 5.41) is 8.04. The number of hydrogen-bond donors (Lipinski definition) is 2. The molecule has 7 heteroatoms. The Hall–Kier alpha value is -2.25. The molecule has 2 heterocycles. The van der Waals surface area contributed by atoms with Gasteiger partial charge in [0.15, 0.2) is 0 Å². The molecule has 0 spiro atoms. The highest BCUT2D eigenvalue weighted by Gasteiger charge is 2.16. The van der Waals surface area contributed by atoms with Crippen LogP contribution in [0.15, 0.2) is 30.6 Å². The quantitative estimate of drug-likeness (QED) is 0.609. The number of rotatable bonds is 6. The Morgan fingerprint density at radius 2 is 2.00 bits per heavy atom. The van der Waals surface area contributed by atoms with Crippen molar-refractivity contribution in [3.05, 3.63) is 41.9 Å². The lowest BCUT2D eigenvalue weighted by molar-refractivity contribution is 0.241. The Morgan fingerprint density at radius 3 is 2.57 bits per heavy atom. The second-order valence-electron chi connectivity index (χ2n) is 4.72. The van der Waals surface area contributed by atoms with E-state index in [-0.39, 0.29) is 12.1 Å². The highest BCUT2D eigenvalue weighted by molar-refractivity contribution is 5.31. The average Bonchev–Trinajstić information content (AvgIpc) is 2.48. The maximum absolute atomic E-state index is 5.64.